The molecule has 0 aliphatic rings. The third-order valence-corrected chi connectivity index (χ3v) is 2.67. The minimum Gasteiger partial charge on any atom is -0.504 e. The fourth-order valence-electron chi connectivity index (χ4n) is 1.68. The normalized spacial score (nSPS) is 10.1. The number of ether oxygens (including phenoxy) is 1. The van der Waals surface area contributed by atoms with Crippen LogP contribution in [0.4, 0.5) is 15.8 Å². The van der Waals surface area contributed by atoms with E-state index < -0.39 is 11.7 Å². The molecule has 0 saturated heterocycles. The Morgan fingerprint density at radius 2 is 2.05 bits per heavy atom. The van der Waals surface area contributed by atoms with E-state index in [4.69, 9.17) is 10.5 Å². The fraction of sp³-hybridized carbons (Fsp3) is 0.0714. The van der Waals surface area contributed by atoms with Gasteiger partial charge in [0.05, 0.1) is 12.7 Å². The first-order chi connectivity index (χ1) is 9.51. The molecule has 2 aromatic carbocycles. The van der Waals surface area contributed by atoms with Crippen LogP contribution >= 0.6 is 0 Å². The van der Waals surface area contributed by atoms with Crippen molar-refractivity contribution in [1.82, 2.24) is 0 Å². The quantitative estimate of drug-likeness (QED) is 0.751. The topological polar surface area (TPSA) is 84.6 Å². The van der Waals surface area contributed by atoms with Crippen molar-refractivity contribution < 1.29 is 19.0 Å². The Bertz CT molecular complexity index is 659. The molecule has 4 N–H and O–H groups in total. The second kappa shape index (κ2) is 5.48. The molecule has 0 aromatic heterocycles. The van der Waals surface area contributed by atoms with E-state index in [-0.39, 0.29) is 22.7 Å². The number of methoxy groups -OCH3 is 1. The highest BCUT2D eigenvalue weighted by Gasteiger charge is 2.13. The maximum atomic E-state index is 13.6. The minimum atomic E-state index is -0.708. The Balaban J connectivity index is 2.21. The smallest absolute Gasteiger partial charge is 0.258 e. The molecule has 1 amide bonds. The van der Waals surface area contributed by atoms with E-state index in [1.807, 2.05) is 0 Å². The molecule has 2 rings (SSSR count). The van der Waals surface area contributed by atoms with Crippen molar-refractivity contribution in [2.45, 2.75) is 0 Å². The number of rotatable bonds is 3. The van der Waals surface area contributed by atoms with Gasteiger partial charge in [-0.15, -0.1) is 0 Å². The van der Waals surface area contributed by atoms with Gasteiger partial charge in [-0.25, -0.2) is 4.39 Å². The number of nitrogens with one attached hydrogen (secondary N) is 1. The van der Waals surface area contributed by atoms with Gasteiger partial charge in [0.2, 0.25) is 0 Å². The molecule has 0 unspecified atom stereocenters. The summed E-state index contributed by atoms with van der Waals surface area (Å²) in [5.41, 5.74) is 5.84. The Hall–Kier alpha value is -2.76. The monoisotopic (exact) mass is 276 g/mol. The lowest BCUT2D eigenvalue weighted by atomic mass is 10.1. The number of halogens is 1. The first-order valence-electron chi connectivity index (χ1n) is 5.74. The van der Waals surface area contributed by atoms with Crippen molar-refractivity contribution in [1.29, 1.82) is 0 Å². The Morgan fingerprint density at radius 1 is 1.30 bits per heavy atom. The van der Waals surface area contributed by atoms with Gasteiger partial charge < -0.3 is 20.9 Å². The SMILES string of the molecule is COc1ccc(NC(=O)c2ccc(N)cc2F)cc1O. The molecule has 0 radical (unpaired) electrons. The zero-order valence-electron chi connectivity index (χ0n) is 10.7. The van der Waals surface area contributed by atoms with Crippen LogP contribution in [0.5, 0.6) is 11.5 Å². The third-order valence-electron chi connectivity index (χ3n) is 2.67. The molecule has 0 fully saturated rings. The second-order valence-electron chi connectivity index (χ2n) is 4.08. The summed E-state index contributed by atoms with van der Waals surface area (Å²) in [7, 11) is 1.41. The Morgan fingerprint density at radius 3 is 2.65 bits per heavy atom. The van der Waals surface area contributed by atoms with E-state index >= 15 is 0 Å². The lowest BCUT2D eigenvalue weighted by molar-refractivity contribution is 0.102. The van der Waals surface area contributed by atoms with Gasteiger partial charge in [0.25, 0.3) is 5.91 Å². The number of anilines is 2. The summed E-state index contributed by atoms with van der Waals surface area (Å²) in [5, 5.41) is 12.1. The molecule has 104 valence electrons. The molecular formula is C14H13FN2O3. The average molecular weight is 276 g/mol. The zero-order valence-corrected chi connectivity index (χ0v) is 10.7. The fourth-order valence-corrected chi connectivity index (χ4v) is 1.68. The lowest BCUT2D eigenvalue weighted by Gasteiger charge is -2.09. The van der Waals surface area contributed by atoms with E-state index in [2.05, 4.69) is 5.32 Å². The van der Waals surface area contributed by atoms with Crippen molar-refractivity contribution in [3.05, 3.63) is 47.8 Å². The number of amides is 1. The summed E-state index contributed by atoms with van der Waals surface area (Å²) < 4.78 is 18.5. The number of phenolic OH excluding ortho intramolecular Hbond substituents is 1. The number of hydrogen-bond donors (Lipinski definition) is 3. The predicted molar refractivity (Wildman–Crippen MR) is 73.4 cm³/mol. The van der Waals surface area contributed by atoms with Crippen LogP contribution in [0, 0.1) is 5.82 Å². The summed E-state index contributed by atoms with van der Waals surface area (Å²) in [5.74, 6) is -1.18. The van der Waals surface area contributed by atoms with Gasteiger partial charge in [0.1, 0.15) is 5.82 Å². The van der Waals surface area contributed by atoms with Gasteiger partial charge in [-0.2, -0.15) is 0 Å². The van der Waals surface area contributed by atoms with Gasteiger partial charge in [-0.05, 0) is 30.3 Å². The zero-order chi connectivity index (χ0) is 14.7. The number of hydrogen-bond acceptors (Lipinski definition) is 4. The molecule has 5 nitrogen and oxygen atoms in total. The molecule has 0 atom stereocenters. The minimum absolute atomic E-state index is 0.122. The largest absolute Gasteiger partial charge is 0.504 e. The van der Waals surface area contributed by atoms with E-state index in [1.165, 1.54) is 37.4 Å². The maximum Gasteiger partial charge on any atom is 0.258 e. The van der Waals surface area contributed by atoms with E-state index in [0.717, 1.165) is 6.07 Å². The average Bonchev–Trinajstić information content (AvgIpc) is 2.38. The van der Waals surface area contributed by atoms with Crippen molar-refractivity contribution in [2.75, 3.05) is 18.2 Å². The first kappa shape index (κ1) is 13.7. The van der Waals surface area contributed by atoms with Crippen LogP contribution in [-0.4, -0.2) is 18.1 Å². The number of phenols is 1. The van der Waals surface area contributed by atoms with Crippen molar-refractivity contribution >= 4 is 17.3 Å². The number of carbonyl (C=O) groups excluding carboxylic acids is 1. The number of nitrogens with two attached hydrogens (primary N) is 1. The number of aromatic hydroxyl groups is 1. The molecule has 0 aliphatic heterocycles. The molecule has 20 heavy (non-hydrogen) atoms. The summed E-state index contributed by atoms with van der Waals surface area (Å²) in [6.07, 6.45) is 0. The van der Waals surface area contributed by atoms with E-state index in [0.29, 0.717) is 5.69 Å². The van der Waals surface area contributed by atoms with Crippen LogP contribution < -0.4 is 15.8 Å². The number of nitrogen functional groups attached to an aromatic ring is 1. The van der Waals surface area contributed by atoms with Crippen molar-refractivity contribution in [3.8, 4) is 11.5 Å². The molecular weight excluding hydrogens is 263 g/mol. The lowest BCUT2D eigenvalue weighted by Crippen LogP contribution is -2.13. The van der Waals surface area contributed by atoms with Crippen LogP contribution in [-0.2, 0) is 0 Å². The summed E-state index contributed by atoms with van der Waals surface area (Å²) in [6, 6.07) is 8.13. The van der Waals surface area contributed by atoms with Crippen molar-refractivity contribution in [2.24, 2.45) is 0 Å². The molecule has 0 saturated carbocycles. The number of benzene rings is 2. The van der Waals surface area contributed by atoms with Crippen LogP contribution in [0.2, 0.25) is 0 Å². The van der Waals surface area contributed by atoms with Crippen LogP contribution in [0.25, 0.3) is 0 Å². The summed E-state index contributed by atoms with van der Waals surface area (Å²) in [4.78, 5) is 11.9. The van der Waals surface area contributed by atoms with E-state index in [1.54, 1.807) is 0 Å². The van der Waals surface area contributed by atoms with Crippen LogP contribution in [0.15, 0.2) is 36.4 Å². The highest BCUT2D eigenvalue weighted by atomic mass is 19.1. The third kappa shape index (κ3) is 2.80. The van der Waals surface area contributed by atoms with Crippen LogP contribution in [0.1, 0.15) is 10.4 Å². The molecule has 0 aliphatic carbocycles. The van der Waals surface area contributed by atoms with Gasteiger partial charge in [0.15, 0.2) is 11.5 Å². The van der Waals surface area contributed by atoms with Gasteiger partial charge >= 0.3 is 0 Å². The highest BCUT2D eigenvalue weighted by Crippen LogP contribution is 2.28. The molecule has 0 heterocycles. The summed E-state index contributed by atoms with van der Waals surface area (Å²) in [6.45, 7) is 0. The highest BCUT2D eigenvalue weighted by molar-refractivity contribution is 6.04. The first-order valence-corrected chi connectivity index (χ1v) is 5.74. The number of carbonyl (C=O) groups is 1. The van der Waals surface area contributed by atoms with E-state index in [9.17, 15) is 14.3 Å². The molecule has 2 aromatic rings. The standard InChI is InChI=1S/C14H13FN2O3/c1-20-13-5-3-9(7-12(13)18)17-14(19)10-4-2-8(16)6-11(10)15/h2-7,18H,16H2,1H3,(H,17,19). The van der Waals surface area contributed by atoms with Crippen LogP contribution in [0.3, 0.4) is 0 Å². The molecule has 0 bridgehead atoms. The predicted octanol–water partition coefficient (Wildman–Crippen LogP) is 2.37. The Kier molecular flexibility index (Phi) is 3.74. The summed E-state index contributed by atoms with van der Waals surface area (Å²) >= 11 is 0. The van der Waals surface area contributed by atoms with Gasteiger partial charge in [-0.1, -0.05) is 0 Å². The van der Waals surface area contributed by atoms with Gasteiger partial charge in [0, 0.05) is 17.4 Å². The maximum absolute atomic E-state index is 13.6. The second-order valence-corrected chi connectivity index (χ2v) is 4.08. The molecule has 6 heteroatoms. The van der Waals surface area contributed by atoms with Gasteiger partial charge in [-0.3, -0.25) is 4.79 Å². The Labute approximate surface area is 114 Å². The van der Waals surface area contributed by atoms with Crippen molar-refractivity contribution in [3.63, 3.8) is 0 Å². The molecule has 0 spiro atoms.